The van der Waals surface area contributed by atoms with Gasteiger partial charge < -0.3 is 19.2 Å². The van der Waals surface area contributed by atoms with E-state index in [1.54, 1.807) is 21.1 Å². The number of ketones is 1. The largest absolute Gasteiger partial charge is 0.493 e. The van der Waals surface area contributed by atoms with Crippen molar-refractivity contribution in [3.8, 4) is 11.5 Å². The van der Waals surface area contributed by atoms with Crippen molar-refractivity contribution in [3.63, 3.8) is 0 Å². The molecule has 4 rings (SSSR count). The molecule has 0 saturated carbocycles. The highest BCUT2D eigenvalue weighted by Crippen LogP contribution is 2.38. The number of nitrogens with one attached hydrogen (secondary N) is 1. The Kier molecular flexibility index (Phi) is 6.04. The Bertz CT molecular complexity index is 1160. The lowest BCUT2D eigenvalue weighted by atomic mass is 9.81. The van der Waals surface area contributed by atoms with Crippen LogP contribution in [0.4, 0.5) is 0 Å². The Balaban J connectivity index is 1.54. The quantitative estimate of drug-likeness (QED) is 0.559. The fraction of sp³-hybridized carbons (Fsp3) is 0.308. The van der Waals surface area contributed by atoms with Crippen molar-refractivity contribution in [2.24, 2.45) is 0 Å². The Morgan fingerprint density at radius 3 is 2.41 bits per heavy atom. The van der Waals surface area contributed by atoms with Crippen molar-refractivity contribution in [2.75, 3.05) is 14.2 Å². The smallest absolute Gasteiger partial charge is 0.355 e. The number of carbonyl (C=O) groups excluding carboxylic acids is 2. The Morgan fingerprint density at radius 1 is 1.00 bits per heavy atom. The number of aromatic nitrogens is 1. The van der Waals surface area contributed by atoms with Crippen molar-refractivity contribution in [3.05, 3.63) is 81.7 Å². The van der Waals surface area contributed by atoms with E-state index in [0.29, 0.717) is 41.2 Å². The van der Waals surface area contributed by atoms with E-state index >= 15 is 0 Å². The Hall–Kier alpha value is -3.54. The number of rotatable bonds is 6. The first-order valence-electron chi connectivity index (χ1n) is 10.6. The maximum absolute atomic E-state index is 13.0. The molecule has 0 unspecified atom stereocenters. The van der Waals surface area contributed by atoms with Gasteiger partial charge in [0.2, 0.25) is 0 Å². The van der Waals surface area contributed by atoms with Crippen molar-refractivity contribution in [2.45, 2.75) is 39.2 Å². The van der Waals surface area contributed by atoms with Crippen LogP contribution in [0.1, 0.15) is 61.1 Å². The summed E-state index contributed by atoms with van der Waals surface area (Å²) in [4.78, 5) is 28.9. The zero-order chi connectivity index (χ0) is 22.8. The summed E-state index contributed by atoms with van der Waals surface area (Å²) in [6.45, 7) is 3.99. The number of Topliss-reactive ketones (excluding diaryl/α,β-unsaturated/α-hetero) is 1. The molecule has 166 valence electrons. The second-order valence-electron chi connectivity index (χ2n) is 8.18. The first-order chi connectivity index (χ1) is 15.4. The van der Waals surface area contributed by atoms with Crippen molar-refractivity contribution >= 4 is 11.8 Å². The number of esters is 1. The summed E-state index contributed by atoms with van der Waals surface area (Å²) in [6.07, 6.45) is 1.00. The zero-order valence-electron chi connectivity index (χ0n) is 18.8. The predicted molar refractivity (Wildman–Crippen MR) is 121 cm³/mol. The van der Waals surface area contributed by atoms with E-state index < -0.39 is 5.97 Å². The lowest BCUT2D eigenvalue weighted by Gasteiger charge is -2.23. The molecule has 6 nitrogen and oxygen atoms in total. The van der Waals surface area contributed by atoms with Crippen molar-refractivity contribution in [1.29, 1.82) is 0 Å². The van der Waals surface area contributed by atoms with Crippen LogP contribution in [0.3, 0.4) is 0 Å². The van der Waals surface area contributed by atoms with E-state index in [1.165, 1.54) is 0 Å². The standard InChI is InChI=1S/C26H27NO5/c1-15-5-7-17(8-6-15)14-32-26(29)25-16(2)24-20(27-25)11-19(12-21(24)28)18-9-10-22(30-3)23(13-18)31-4/h5-10,13,19,27H,11-12,14H2,1-4H3/t19-/m1/s1. The maximum Gasteiger partial charge on any atom is 0.355 e. The topological polar surface area (TPSA) is 77.6 Å². The number of ether oxygens (including phenoxy) is 3. The molecule has 32 heavy (non-hydrogen) atoms. The van der Waals surface area contributed by atoms with Crippen molar-refractivity contribution < 1.29 is 23.8 Å². The molecule has 0 fully saturated rings. The lowest BCUT2D eigenvalue weighted by Crippen LogP contribution is -2.18. The third kappa shape index (κ3) is 4.13. The van der Waals surface area contributed by atoms with Crippen LogP contribution in [-0.4, -0.2) is 31.0 Å². The molecule has 1 atom stereocenters. The summed E-state index contributed by atoms with van der Waals surface area (Å²) in [5, 5.41) is 0. The zero-order valence-corrected chi connectivity index (χ0v) is 18.8. The molecule has 1 heterocycles. The molecule has 2 aromatic carbocycles. The third-order valence-corrected chi connectivity index (χ3v) is 6.06. The van der Waals surface area contributed by atoms with Crippen LogP contribution in [0.25, 0.3) is 0 Å². The first-order valence-corrected chi connectivity index (χ1v) is 10.6. The molecule has 0 amide bonds. The minimum atomic E-state index is -0.451. The molecule has 6 heteroatoms. The molecule has 1 aliphatic rings. The average Bonchev–Trinajstić information content (AvgIpc) is 3.14. The number of hydrogen-bond donors (Lipinski definition) is 1. The van der Waals surface area contributed by atoms with Crippen LogP contribution in [0.5, 0.6) is 11.5 Å². The molecular formula is C26H27NO5. The van der Waals surface area contributed by atoms with Crippen LogP contribution in [0, 0.1) is 13.8 Å². The van der Waals surface area contributed by atoms with E-state index in [9.17, 15) is 9.59 Å². The van der Waals surface area contributed by atoms with E-state index in [0.717, 1.165) is 22.4 Å². The van der Waals surface area contributed by atoms with Crippen LogP contribution in [0.15, 0.2) is 42.5 Å². The average molecular weight is 434 g/mol. The fourth-order valence-electron chi connectivity index (χ4n) is 4.29. The number of H-pyrrole nitrogens is 1. The van der Waals surface area contributed by atoms with E-state index in [1.807, 2.05) is 49.4 Å². The predicted octanol–water partition coefficient (Wildman–Crippen LogP) is 4.92. The highest BCUT2D eigenvalue weighted by Gasteiger charge is 2.32. The second kappa shape index (κ2) is 8.91. The monoisotopic (exact) mass is 433 g/mol. The van der Waals surface area contributed by atoms with E-state index in [-0.39, 0.29) is 18.3 Å². The minimum Gasteiger partial charge on any atom is -0.493 e. The van der Waals surface area contributed by atoms with Gasteiger partial charge in [-0.2, -0.15) is 0 Å². The van der Waals surface area contributed by atoms with E-state index in [4.69, 9.17) is 14.2 Å². The molecule has 1 aromatic heterocycles. The van der Waals surface area contributed by atoms with Gasteiger partial charge >= 0.3 is 5.97 Å². The molecule has 0 radical (unpaired) electrons. The van der Waals surface area contributed by atoms with Gasteiger partial charge in [0.1, 0.15) is 12.3 Å². The van der Waals surface area contributed by atoms with Crippen LogP contribution in [-0.2, 0) is 17.8 Å². The SMILES string of the molecule is COc1ccc([C@H]2CC(=O)c3c([nH]c(C(=O)OCc4ccc(C)cc4)c3C)C2)cc1OC. The van der Waals surface area contributed by atoms with Gasteiger partial charge in [-0.05, 0) is 55.0 Å². The molecule has 0 spiro atoms. The molecule has 3 aromatic rings. The van der Waals surface area contributed by atoms with Gasteiger partial charge in [0.15, 0.2) is 17.3 Å². The third-order valence-electron chi connectivity index (χ3n) is 6.06. The Labute approximate surface area is 187 Å². The van der Waals surface area contributed by atoms with Gasteiger partial charge in [-0.1, -0.05) is 35.9 Å². The fourth-order valence-corrected chi connectivity index (χ4v) is 4.29. The minimum absolute atomic E-state index is 0.00992. The normalized spacial score (nSPS) is 15.2. The second-order valence-corrected chi connectivity index (χ2v) is 8.18. The number of fused-ring (bicyclic) bond motifs is 1. The summed E-state index contributed by atoms with van der Waals surface area (Å²) in [6, 6.07) is 13.6. The summed E-state index contributed by atoms with van der Waals surface area (Å²) in [5.74, 6) is 0.842. The van der Waals surface area contributed by atoms with Crippen molar-refractivity contribution in [1.82, 2.24) is 4.98 Å². The summed E-state index contributed by atoms with van der Waals surface area (Å²) in [5.41, 5.74) is 5.47. The summed E-state index contributed by atoms with van der Waals surface area (Å²) >= 11 is 0. The van der Waals surface area contributed by atoms with Gasteiger partial charge in [0, 0.05) is 17.7 Å². The molecule has 0 aliphatic heterocycles. The summed E-state index contributed by atoms with van der Waals surface area (Å²) < 4.78 is 16.2. The van der Waals surface area contributed by atoms with Crippen LogP contribution < -0.4 is 9.47 Å². The van der Waals surface area contributed by atoms with Crippen LogP contribution in [0.2, 0.25) is 0 Å². The van der Waals surface area contributed by atoms with E-state index in [2.05, 4.69) is 4.98 Å². The first kappa shape index (κ1) is 21.7. The highest BCUT2D eigenvalue weighted by molar-refractivity contribution is 6.03. The number of carbonyl (C=O) groups is 2. The van der Waals surface area contributed by atoms with Crippen LogP contribution >= 0.6 is 0 Å². The van der Waals surface area contributed by atoms with Gasteiger partial charge in [-0.3, -0.25) is 4.79 Å². The summed E-state index contributed by atoms with van der Waals surface area (Å²) in [7, 11) is 3.18. The highest BCUT2D eigenvalue weighted by atomic mass is 16.5. The molecule has 0 bridgehead atoms. The van der Waals surface area contributed by atoms with Gasteiger partial charge in [-0.15, -0.1) is 0 Å². The molecule has 0 saturated heterocycles. The lowest BCUT2D eigenvalue weighted by molar-refractivity contribution is 0.0465. The number of aryl methyl sites for hydroxylation is 1. The number of aromatic amines is 1. The number of benzene rings is 2. The molecule has 1 N–H and O–H groups in total. The van der Waals surface area contributed by atoms with Gasteiger partial charge in [-0.25, -0.2) is 4.79 Å². The molecule has 1 aliphatic carbocycles. The molecular weight excluding hydrogens is 406 g/mol. The van der Waals surface area contributed by atoms with Gasteiger partial charge in [0.05, 0.1) is 14.2 Å². The van der Waals surface area contributed by atoms with Gasteiger partial charge in [0.25, 0.3) is 0 Å². The maximum atomic E-state index is 13.0. The Morgan fingerprint density at radius 2 is 1.72 bits per heavy atom. The number of methoxy groups -OCH3 is 2. The number of hydrogen-bond acceptors (Lipinski definition) is 5.